The lowest BCUT2D eigenvalue weighted by Crippen LogP contribution is -2.01. The number of hydrogen-bond acceptors (Lipinski definition) is 5. The molecule has 2 aromatic rings. The normalized spacial score (nSPS) is 12.9. The van der Waals surface area contributed by atoms with Gasteiger partial charge >= 0.3 is 0 Å². The van der Waals surface area contributed by atoms with Crippen molar-refractivity contribution in [3.63, 3.8) is 0 Å². The number of rotatable bonds is 5. The fraction of sp³-hybridized carbons (Fsp3) is 0.100. The average Bonchev–Trinajstić information content (AvgIpc) is 3.13. The summed E-state index contributed by atoms with van der Waals surface area (Å²) in [7, 11) is 1.59. The van der Waals surface area contributed by atoms with Crippen LogP contribution in [0.4, 0.5) is 0 Å². The van der Waals surface area contributed by atoms with E-state index in [1.54, 1.807) is 37.5 Å². The standard InChI is InChI=1S/C20H15NO4/c1-23-17-8-3-2-5-14(17)6-4-7-16(12-21)20(22)15-9-10-18-19(11-15)25-13-24-18/h2-11H,13H2,1H3/b6-4+,16-7-. The van der Waals surface area contributed by atoms with Crippen molar-refractivity contribution in [1.82, 2.24) is 0 Å². The third-order valence-corrected chi connectivity index (χ3v) is 3.68. The molecule has 0 saturated carbocycles. The first-order chi connectivity index (χ1) is 12.2. The predicted octanol–water partition coefficient (Wildman–Crippen LogP) is 3.77. The molecule has 0 unspecified atom stereocenters. The Bertz CT molecular complexity index is 906. The van der Waals surface area contributed by atoms with Crippen molar-refractivity contribution in [3.8, 4) is 23.3 Å². The van der Waals surface area contributed by atoms with Gasteiger partial charge in [0.15, 0.2) is 11.5 Å². The Balaban J connectivity index is 1.82. The molecule has 1 aliphatic heterocycles. The van der Waals surface area contributed by atoms with Crippen LogP contribution >= 0.6 is 0 Å². The number of carbonyl (C=O) groups excluding carboxylic acids is 1. The van der Waals surface area contributed by atoms with Crippen molar-refractivity contribution < 1.29 is 19.0 Å². The molecule has 124 valence electrons. The Morgan fingerprint density at radius 3 is 2.80 bits per heavy atom. The highest BCUT2D eigenvalue weighted by molar-refractivity contribution is 6.11. The molecule has 3 rings (SSSR count). The fourth-order valence-electron chi connectivity index (χ4n) is 2.41. The Hall–Kier alpha value is -3.52. The van der Waals surface area contributed by atoms with Crippen LogP contribution in [0.2, 0.25) is 0 Å². The van der Waals surface area contributed by atoms with Gasteiger partial charge in [0.1, 0.15) is 11.8 Å². The molecular weight excluding hydrogens is 318 g/mol. The lowest BCUT2D eigenvalue weighted by molar-refractivity contribution is 0.103. The van der Waals surface area contributed by atoms with Gasteiger partial charge in [0.05, 0.1) is 12.7 Å². The molecule has 25 heavy (non-hydrogen) atoms. The highest BCUT2D eigenvalue weighted by atomic mass is 16.7. The molecule has 1 heterocycles. The van der Waals surface area contributed by atoms with Crippen LogP contribution in [0, 0.1) is 11.3 Å². The molecule has 0 saturated heterocycles. The molecule has 5 nitrogen and oxygen atoms in total. The number of allylic oxidation sites excluding steroid dienone is 3. The van der Waals surface area contributed by atoms with Crippen molar-refractivity contribution in [2.45, 2.75) is 0 Å². The summed E-state index contributed by atoms with van der Waals surface area (Å²) in [4.78, 5) is 12.5. The van der Waals surface area contributed by atoms with Crippen LogP contribution in [0.5, 0.6) is 17.2 Å². The lowest BCUT2D eigenvalue weighted by Gasteiger charge is -2.03. The Morgan fingerprint density at radius 1 is 1.20 bits per heavy atom. The van der Waals surface area contributed by atoms with Crippen LogP contribution in [0.1, 0.15) is 15.9 Å². The zero-order chi connectivity index (χ0) is 17.6. The first kappa shape index (κ1) is 16.3. The molecule has 0 bridgehead atoms. The van der Waals surface area contributed by atoms with Crippen LogP contribution in [-0.2, 0) is 0 Å². The number of ketones is 1. The van der Waals surface area contributed by atoms with E-state index < -0.39 is 0 Å². The van der Waals surface area contributed by atoms with E-state index in [4.69, 9.17) is 14.2 Å². The summed E-state index contributed by atoms with van der Waals surface area (Å²) in [6.45, 7) is 0.134. The second-order valence-electron chi connectivity index (χ2n) is 5.19. The maximum atomic E-state index is 12.5. The van der Waals surface area contributed by atoms with E-state index in [-0.39, 0.29) is 18.1 Å². The largest absolute Gasteiger partial charge is 0.496 e. The number of carbonyl (C=O) groups is 1. The number of hydrogen-bond donors (Lipinski definition) is 0. The molecule has 0 atom stereocenters. The van der Waals surface area contributed by atoms with E-state index in [1.165, 1.54) is 6.08 Å². The summed E-state index contributed by atoms with van der Waals surface area (Å²) in [5.41, 5.74) is 1.27. The van der Waals surface area contributed by atoms with Crippen LogP contribution in [0.3, 0.4) is 0 Å². The van der Waals surface area contributed by atoms with Crippen molar-refractivity contribution >= 4 is 11.9 Å². The number of fused-ring (bicyclic) bond motifs is 1. The zero-order valence-corrected chi connectivity index (χ0v) is 13.6. The molecule has 0 amide bonds. The van der Waals surface area contributed by atoms with Crippen LogP contribution in [0.15, 0.2) is 60.2 Å². The third kappa shape index (κ3) is 3.54. The Labute approximate surface area is 145 Å². The maximum absolute atomic E-state index is 12.5. The fourth-order valence-corrected chi connectivity index (χ4v) is 2.41. The summed E-state index contributed by atoms with van der Waals surface area (Å²) < 4.78 is 15.7. The van der Waals surface area contributed by atoms with E-state index in [9.17, 15) is 10.1 Å². The summed E-state index contributed by atoms with van der Waals surface area (Å²) in [5.74, 6) is 1.45. The van der Waals surface area contributed by atoms with Gasteiger partial charge in [-0.2, -0.15) is 5.26 Å². The minimum Gasteiger partial charge on any atom is -0.496 e. The number of methoxy groups -OCH3 is 1. The Kier molecular flexibility index (Phi) is 4.82. The Morgan fingerprint density at radius 2 is 2.00 bits per heavy atom. The van der Waals surface area contributed by atoms with E-state index in [1.807, 2.05) is 30.3 Å². The average molecular weight is 333 g/mol. The number of Topliss-reactive ketones (excluding diaryl/α,β-unsaturated/α-hetero) is 1. The summed E-state index contributed by atoms with van der Waals surface area (Å²) in [5, 5.41) is 9.30. The van der Waals surface area contributed by atoms with Crippen LogP contribution in [0.25, 0.3) is 6.08 Å². The second-order valence-corrected chi connectivity index (χ2v) is 5.19. The molecule has 5 heteroatoms. The molecule has 0 fully saturated rings. The molecular formula is C20H15NO4. The highest BCUT2D eigenvalue weighted by Gasteiger charge is 2.18. The van der Waals surface area contributed by atoms with Crippen molar-refractivity contribution in [3.05, 3.63) is 71.3 Å². The quantitative estimate of drug-likeness (QED) is 0.360. The minimum absolute atomic E-state index is 0.0324. The SMILES string of the molecule is COc1ccccc1/C=C/C=C(/C#N)C(=O)c1ccc2c(c1)OCO2. The van der Waals surface area contributed by atoms with Gasteiger partial charge in [-0.05, 0) is 30.3 Å². The number of nitriles is 1. The van der Waals surface area contributed by atoms with Gasteiger partial charge in [-0.1, -0.05) is 30.4 Å². The van der Waals surface area contributed by atoms with Crippen LogP contribution in [-0.4, -0.2) is 19.7 Å². The topological polar surface area (TPSA) is 68.5 Å². The van der Waals surface area contributed by atoms with Crippen molar-refractivity contribution in [2.24, 2.45) is 0 Å². The van der Waals surface area contributed by atoms with Gasteiger partial charge < -0.3 is 14.2 Å². The molecule has 0 aromatic heterocycles. The summed E-state index contributed by atoms with van der Waals surface area (Å²) in [6.07, 6.45) is 4.92. The summed E-state index contributed by atoms with van der Waals surface area (Å²) in [6, 6.07) is 14.3. The minimum atomic E-state index is -0.370. The van der Waals surface area contributed by atoms with Gasteiger partial charge in [0.2, 0.25) is 12.6 Å². The van der Waals surface area contributed by atoms with Gasteiger partial charge in [-0.15, -0.1) is 0 Å². The van der Waals surface area contributed by atoms with Gasteiger partial charge in [0, 0.05) is 11.1 Å². The van der Waals surface area contributed by atoms with E-state index >= 15 is 0 Å². The number of benzene rings is 2. The van der Waals surface area contributed by atoms with E-state index in [2.05, 4.69) is 0 Å². The lowest BCUT2D eigenvalue weighted by atomic mass is 10.0. The number of nitrogens with zero attached hydrogens (tertiary/aromatic N) is 1. The van der Waals surface area contributed by atoms with E-state index in [0.29, 0.717) is 22.8 Å². The monoisotopic (exact) mass is 333 g/mol. The first-order valence-electron chi connectivity index (χ1n) is 7.59. The van der Waals surface area contributed by atoms with Crippen molar-refractivity contribution in [1.29, 1.82) is 5.26 Å². The first-order valence-corrected chi connectivity index (χ1v) is 7.59. The molecule has 2 aromatic carbocycles. The molecule has 0 spiro atoms. The summed E-state index contributed by atoms with van der Waals surface area (Å²) >= 11 is 0. The number of para-hydroxylation sites is 1. The molecule has 0 radical (unpaired) electrons. The zero-order valence-electron chi connectivity index (χ0n) is 13.6. The van der Waals surface area contributed by atoms with Gasteiger partial charge in [-0.3, -0.25) is 4.79 Å². The van der Waals surface area contributed by atoms with E-state index in [0.717, 1.165) is 5.56 Å². The van der Waals surface area contributed by atoms with Crippen molar-refractivity contribution in [2.75, 3.05) is 13.9 Å². The molecule has 1 aliphatic rings. The third-order valence-electron chi connectivity index (χ3n) is 3.68. The molecule has 0 aliphatic carbocycles. The highest BCUT2D eigenvalue weighted by Crippen LogP contribution is 2.33. The predicted molar refractivity (Wildman–Crippen MR) is 92.6 cm³/mol. The molecule has 0 N–H and O–H groups in total. The second kappa shape index (κ2) is 7.37. The van der Waals surface area contributed by atoms with Gasteiger partial charge in [-0.25, -0.2) is 0 Å². The van der Waals surface area contributed by atoms with Gasteiger partial charge in [0.25, 0.3) is 0 Å². The van der Waals surface area contributed by atoms with Crippen LogP contribution < -0.4 is 14.2 Å². The maximum Gasteiger partial charge on any atom is 0.231 e. The smallest absolute Gasteiger partial charge is 0.231 e. The number of ether oxygens (including phenoxy) is 3.